The van der Waals surface area contributed by atoms with Gasteiger partial charge in [0.2, 0.25) is 0 Å². The van der Waals surface area contributed by atoms with E-state index in [0.717, 1.165) is 61.7 Å². The molecule has 1 heterocycles. The standard InChI is InChI=1S/C33H49NO3/c1-22(8-6-16-31(2,3)36)27-12-13-28-26-11-10-24-20-25(37-30(35)23-9-7-19-34-21-23)14-17-32(24,4)29(26)15-18-33(27,28)5/h7,9-10,19,21-22,25-29,36H,6,8,11-18,20H2,1-5H3/t22-,25+,26+,27-,28+,29+,32+,33-/m1/s1. The van der Waals surface area contributed by atoms with Crippen molar-refractivity contribution in [1.82, 2.24) is 4.98 Å². The number of ether oxygens (including phenoxy) is 1. The molecule has 4 nitrogen and oxygen atoms in total. The minimum atomic E-state index is -0.544. The Bertz CT molecular complexity index is 997. The lowest BCUT2D eigenvalue weighted by Crippen LogP contribution is -2.51. The summed E-state index contributed by atoms with van der Waals surface area (Å²) in [4.78, 5) is 16.7. The highest BCUT2D eigenvalue weighted by atomic mass is 16.5. The first kappa shape index (κ1) is 26.9. The maximum Gasteiger partial charge on any atom is 0.339 e. The lowest BCUT2D eigenvalue weighted by Gasteiger charge is -2.58. The second-order valence-corrected chi connectivity index (χ2v) is 14.2. The molecule has 0 unspecified atom stereocenters. The Morgan fingerprint density at radius 3 is 2.73 bits per heavy atom. The second kappa shape index (κ2) is 10.1. The molecule has 0 radical (unpaired) electrons. The molecule has 0 saturated heterocycles. The van der Waals surface area contributed by atoms with Crippen molar-refractivity contribution in [3.63, 3.8) is 0 Å². The van der Waals surface area contributed by atoms with Gasteiger partial charge in [-0.25, -0.2) is 4.79 Å². The normalized spacial score (nSPS) is 38.1. The number of allylic oxidation sites excluding steroid dienone is 1. The first-order chi connectivity index (χ1) is 17.5. The number of hydrogen-bond acceptors (Lipinski definition) is 4. The fraction of sp³-hybridized carbons (Fsp3) is 0.758. The summed E-state index contributed by atoms with van der Waals surface area (Å²) in [6, 6.07) is 3.58. The molecule has 1 aromatic rings. The van der Waals surface area contributed by atoms with Crippen LogP contribution in [0.15, 0.2) is 36.2 Å². The Hall–Kier alpha value is -1.68. The molecule has 0 amide bonds. The van der Waals surface area contributed by atoms with Gasteiger partial charge in [-0.05, 0) is 118 Å². The van der Waals surface area contributed by atoms with Crippen LogP contribution in [-0.2, 0) is 4.74 Å². The van der Waals surface area contributed by atoms with E-state index in [1.54, 1.807) is 30.1 Å². The van der Waals surface area contributed by atoms with Crippen molar-refractivity contribution < 1.29 is 14.6 Å². The minimum absolute atomic E-state index is 0.0157. The van der Waals surface area contributed by atoms with E-state index in [-0.39, 0.29) is 17.5 Å². The average molecular weight is 508 g/mol. The third-order valence-electron chi connectivity index (χ3n) is 11.4. The smallest absolute Gasteiger partial charge is 0.339 e. The van der Waals surface area contributed by atoms with E-state index >= 15 is 0 Å². The topological polar surface area (TPSA) is 59.4 Å². The van der Waals surface area contributed by atoms with Crippen LogP contribution in [0.25, 0.3) is 0 Å². The number of hydrogen-bond donors (Lipinski definition) is 1. The zero-order chi connectivity index (χ0) is 26.4. The van der Waals surface area contributed by atoms with Gasteiger partial charge >= 0.3 is 5.97 Å². The molecular weight excluding hydrogens is 458 g/mol. The molecule has 204 valence electrons. The zero-order valence-corrected chi connectivity index (χ0v) is 23.8. The molecule has 0 aliphatic heterocycles. The van der Waals surface area contributed by atoms with E-state index in [4.69, 9.17) is 4.74 Å². The molecular formula is C33H49NO3. The van der Waals surface area contributed by atoms with Crippen molar-refractivity contribution in [2.45, 2.75) is 117 Å². The predicted molar refractivity (Wildman–Crippen MR) is 148 cm³/mol. The van der Waals surface area contributed by atoms with E-state index in [9.17, 15) is 9.90 Å². The molecule has 8 atom stereocenters. The fourth-order valence-electron chi connectivity index (χ4n) is 9.46. The summed E-state index contributed by atoms with van der Waals surface area (Å²) in [5, 5.41) is 10.2. The van der Waals surface area contributed by atoms with Crippen LogP contribution in [0, 0.1) is 40.4 Å². The first-order valence-electron chi connectivity index (χ1n) is 15.0. The highest BCUT2D eigenvalue weighted by Crippen LogP contribution is 2.67. The van der Waals surface area contributed by atoms with Crippen LogP contribution >= 0.6 is 0 Å². The highest BCUT2D eigenvalue weighted by molar-refractivity contribution is 5.89. The molecule has 4 heteroatoms. The van der Waals surface area contributed by atoms with Gasteiger partial charge in [-0.2, -0.15) is 0 Å². The van der Waals surface area contributed by atoms with Crippen LogP contribution in [0.5, 0.6) is 0 Å². The Kier molecular flexibility index (Phi) is 7.37. The number of carbonyl (C=O) groups is 1. The average Bonchev–Trinajstić information content (AvgIpc) is 3.21. The van der Waals surface area contributed by atoms with Gasteiger partial charge in [0.05, 0.1) is 11.2 Å². The number of rotatable bonds is 7. The Morgan fingerprint density at radius 1 is 1.19 bits per heavy atom. The summed E-state index contributed by atoms with van der Waals surface area (Å²) in [6.07, 6.45) is 18.8. The lowest BCUT2D eigenvalue weighted by molar-refractivity contribution is -0.0597. The lowest BCUT2D eigenvalue weighted by atomic mass is 9.47. The van der Waals surface area contributed by atoms with Gasteiger partial charge in [0.25, 0.3) is 0 Å². The zero-order valence-electron chi connectivity index (χ0n) is 23.8. The van der Waals surface area contributed by atoms with Crippen LogP contribution in [0.1, 0.15) is 116 Å². The molecule has 3 saturated carbocycles. The Labute approximate surface area is 224 Å². The molecule has 0 bridgehead atoms. The molecule has 4 aliphatic carbocycles. The summed E-state index contributed by atoms with van der Waals surface area (Å²) in [5.74, 6) is 3.73. The highest BCUT2D eigenvalue weighted by Gasteiger charge is 2.59. The molecule has 0 spiro atoms. The monoisotopic (exact) mass is 507 g/mol. The summed E-state index contributed by atoms with van der Waals surface area (Å²) in [6.45, 7) is 11.5. The SMILES string of the molecule is C[C@H](CCCC(C)(C)O)[C@H]1CC[C@H]2[C@@H]3CC=C4C[C@@H](OC(=O)c5cccnc5)CC[C@]4(C)[C@H]3CC[C@]12C. The molecule has 3 fully saturated rings. The maximum absolute atomic E-state index is 12.6. The predicted octanol–water partition coefficient (Wildman–Crippen LogP) is 7.76. The summed E-state index contributed by atoms with van der Waals surface area (Å²) in [7, 11) is 0. The van der Waals surface area contributed by atoms with Gasteiger partial charge < -0.3 is 9.84 Å². The number of aromatic nitrogens is 1. The van der Waals surface area contributed by atoms with Crippen molar-refractivity contribution in [2.75, 3.05) is 0 Å². The second-order valence-electron chi connectivity index (χ2n) is 14.2. The van der Waals surface area contributed by atoms with Crippen molar-refractivity contribution in [1.29, 1.82) is 0 Å². The maximum atomic E-state index is 12.6. The van der Waals surface area contributed by atoms with Crippen LogP contribution in [0.3, 0.4) is 0 Å². The van der Waals surface area contributed by atoms with Crippen molar-refractivity contribution in [3.8, 4) is 0 Å². The summed E-state index contributed by atoms with van der Waals surface area (Å²) < 4.78 is 5.95. The van der Waals surface area contributed by atoms with Gasteiger partial charge in [-0.1, -0.05) is 45.3 Å². The van der Waals surface area contributed by atoms with E-state index < -0.39 is 5.60 Å². The Morgan fingerprint density at radius 2 is 2.00 bits per heavy atom. The number of carbonyl (C=O) groups excluding carboxylic acids is 1. The number of pyridine rings is 1. The Balaban J connectivity index is 1.24. The summed E-state index contributed by atoms with van der Waals surface area (Å²) in [5.41, 5.74) is 2.29. The van der Waals surface area contributed by atoms with Crippen molar-refractivity contribution in [2.24, 2.45) is 40.4 Å². The van der Waals surface area contributed by atoms with Crippen LogP contribution in [-0.4, -0.2) is 27.8 Å². The number of fused-ring (bicyclic) bond motifs is 5. The first-order valence-corrected chi connectivity index (χ1v) is 15.0. The van der Waals surface area contributed by atoms with Crippen LogP contribution in [0.4, 0.5) is 0 Å². The van der Waals surface area contributed by atoms with Gasteiger partial charge in [0, 0.05) is 18.8 Å². The molecule has 1 aromatic heterocycles. The van der Waals surface area contributed by atoms with Gasteiger partial charge in [-0.3, -0.25) is 4.98 Å². The molecule has 4 aliphatic rings. The van der Waals surface area contributed by atoms with Crippen molar-refractivity contribution in [3.05, 3.63) is 41.7 Å². The van der Waals surface area contributed by atoms with Gasteiger partial charge in [0.1, 0.15) is 6.10 Å². The third-order valence-corrected chi connectivity index (χ3v) is 11.4. The van der Waals surface area contributed by atoms with E-state index in [1.807, 2.05) is 13.8 Å². The van der Waals surface area contributed by atoms with E-state index in [0.29, 0.717) is 11.0 Å². The fourth-order valence-corrected chi connectivity index (χ4v) is 9.46. The molecule has 5 rings (SSSR count). The van der Waals surface area contributed by atoms with Gasteiger partial charge in [0.15, 0.2) is 0 Å². The molecule has 37 heavy (non-hydrogen) atoms. The van der Waals surface area contributed by atoms with Crippen LogP contribution in [0.2, 0.25) is 0 Å². The number of esters is 1. The van der Waals surface area contributed by atoms with Gasteiger partial charge in [-0.15, -0.1) is 0 Å². The summed E-state index contributed by atoms with van der Waals surface area (Å²) >= 11 is 0. The number of nitrogens with zero attached hydrogens (tertiary/aromatic N) is 1. The third kappa shape index (κ3) is 5.16. The van der Waals surface area contributed by atoms with Crippen LogP contribution < -0.4 is 0 Å². The molecule has 1 N–H and O–H groups in total. The quantitative estimate of drug-likeness (QED) is 0.303. The van der Waals surface area contributed by atoms with E-state index in [2.05, 4.69) is 31.8 Å². The van der Waals surface area contributed by atoms with E-state index in [1.165, 1.54) is 38.5 Å². The molecule has 0 aromatic carbocycles. The number of aliphatic hydroxyl groups is 1. The van der Waals surface area contributed by atoms with Crippen molar-refractivity contribution >= 4 is 5.97 Å². The minimum Gasteiger partial charge on any atom is -0.458 e. The largest absolute Gasteiger partial charge is 0.458 e.